The first-order valence-corrected chi connectivity index (χ1v) is 7.61. The molecule has 1 saturated carbocycles. The van der Waals surface area contributed by atoms with Crippen LogP contribution in [0, 0.1) is 5.92 Å². The van der Waals surface area contributed by atoms with Crippen LogP contribution in [0.5, 0.6) is 0 Å². The summed E-state index contributed by atoms with van der Waals surface area (Å²) in [6.45, 7) is 1.65. The molecule has 6 nitrogen and oxygen atoms in total. The highest BCUT2D eigenvalue weighted by Crippen LogP contribution is 2.26. The van der Waals surface area contributed by atoms with E-state index in [0.29, 0.717) is 19.6 Å². The number of carbonyl (C=O) groups is 2. The Balaban J connectivity index is 0.00000220. The van der Waals surface area contributed by atoms with Crippen molar-refractivity contribution in [3.05, 3.63) is 0 Å². The third-order valence-electron chi connectivity index (χ3n) is 4.09. The lowest BCUT2D eigenvalue weighted by Gasteiger charge is -2.24. The molecule has 0 spiro atoms. The number of hydrogen-bond donors (Lipinski definition) is 3. The summed E-state index contributed by atoms with van der Waals surface area (Å²) in [4.78, 5) is 23.4. The smallest absolute Gasteiger partial charge is 0.249 e. The van der Waals surface area contributed by atoms with Gasteiger partial charge in [0.05, 0.1) is 6.10 Å². The van der Waals surface area contributed by atoms with E-state index in [2.05, 4.69) is 10.6 Å². The highest BCUT2D eigenvalue weighted by molar-refractivity contribution is 5.85. The maximum Gasteiger partial charge on any atom is 0.249 e. The first-order chi connectivity index (χ1) is 9.70. The molecule has 2 aliphatic rings. The number of rotatable bonds is 7. The van der Waals surface area contributed by atoms with Gasteiger partial charge in [-0.25, -0.2) is 0 Å². The summed E-state index contributed by atoms with van der Waals surface area (Å²) < 4.78 is 5.51. The molecule has 0 bridgehead atoms. The van der Waals surface area contributed by atoms with Gasteiger partial charge < -0.3 is 21.1 Å². The Bertz CT molecular complexity index is 350. The van der Waals surface area contributed by atoms with E-state index in [-0.39, 0.29) is 42.3 Å². The molecule has 122 valence electrons. The molecule has 21 heavy (non-hydrogen) atoms. The van der Waals surface area contributed by atoms with E-state index in [1.165, 1.54) is 6.42 Å². The van der Waals surface area contributed by atoms with Gasteiger partial charge in [-0.2, -0.15) is 0 Å². The van der Waals surface area contributed by atoms with Gasteiger partial charge in [-0.1, -0.05) is 6.42 Å². The van der Waals surface area contributed by atoms with Crippen LogP contribution in [-0.4, -0.2) is 43.7 Å². The van der Waals surface area contributed by atoms with Gasteiger partial charge in [0.25, 0.3) is 0 Å². The third kappa shape index (κ3) is 5.45. The molecule has 7 heteroatoms. The zero-order valence-electron chi connectivity index (χ0n) is 12.3. The fraction of sp³-hybridized carbons (Fsp3) is 0.857. The molecule has 2 amide bonds. The predicted molar refractivity (Wildman–Crippen MR) is 82.2 cm³/mol. The van der Waals surface area contributed by atoms with Gasteiger partial charge in [-0.05, 0) is 32.1 Å². The average molecular weight is 320 g/mol. The van der Waals surface area contributed by atoms with Gasteiger partial charge in [0.15, 0.2) is 0 Å². The number of amides is 2. The zero-order chi connectivity index (χ0) is 14.4. The van der Waals surface area contributed by atoms with Crippen molar-refractivity contribution in [1.29, 1.82) is 0 Å². The molecule has 1 heterocycles. The van der Waals surface area contributed by atoms with Crippen LogP contribution in [0.4, 0.5) is 0 Å². The van der Waals surface area contributed by atoms with Crippen LogP contribution in [0.2, 0.25) is 0 Å². The van der Waals surface area contributed by atoms with E-state index in [9.17, 15) is 9.59 Å². The average Bonchev–Trinajstić information content (AvgIpc) is 2.84. The Labute approximate surface area is 132 Å². The van der Waals surface area contributed by atoms with E-state index >= 15 is 0 Å². The van der Waals surface area contributed by atoms with E-state index in [0.717, 1.165) is 32.1 Å². The van der Waals surface area contributed by atoms with Crippen LogP contribution in [0.15, 0.2) is 0 Å². The van der Waals surface area contributed by atoms with Crippen molar-refractivity contribution in [3.63, 3.8) is 0 Å². The molecule has 2 fully saturated rings. The van der Waals surface area contributed by atoms with Gasteiger partial charge in [0.2, 0.25) is 11.8 Å². The van der Waals surface area contributed by atoms with E-state index < -0.39 is 0 Å². The van der Waals surface area contributed by atoms with Crippen LogP contribution in [0.3, 0.4) is 0 Å². The van der Waals surface area contributed by atoms with Crippen molar-refractivity contribution in [3.8, 4) is 0 Å². The highest BCUT2D eigenvalue weighted by Gasteiger charge is 2.29. The van der Waals surface area contributed by atoms with Crippen molar-refractivity contribution in [2.45, 2.75) is 50.7 Å². The third-order valence-corrected chi connectivity index (χ3v) is 4.09. The Morgan fingerprint density at radius 2 is 1.71 bits per heavy atom. The van der Waals surface area contributed by atoms with Crippen molar-refractivity contribution in [2.24, 2.45) is 11.7 Å². The van der Waals surface area contributed by atoms with Gasteiger partial charge in [0.1, 0.15) is 6.10 Å². The van der Waals surface area contributed by atoms with Crippen molar-refractivity contribution < 1.29 is 14.3 Å². The molecule has 1 aliphatic carbocycles. The van der Waals surface area contributed by atoms with E-state index in [4.69, 9.17) is 10.5 Å². The van der Waals surface area contributed by atoms with E-state index in [1.54, 1.807) is 0 Å². The van der Waals surface area contributed by atoms with Crippen molar-refractivity contribution in [1.82, 2.24) is 10.6 Å². The first kappa shape index (κ1) is 18.2. The molecule has 0 aromatic rings. The predicted octanol–water partition coefficient (Wildman–Crippen LogP) is 0.337. The summed E-state index contributed by atoms with van der Waals surface area (Å²) in [5, 5.41) is 5.75. The zero-order valence-corrected chi connectivity index (χ0v) is 13.1. The molecule has 0 unspecified atom stereocenters. The summed E-state index contributed by atoms with van der Waals surface area (Å²) in [5.41, 5.74) is 5.51. The highest BCUT2D eigenvalue weighted by atomic mass is 35.5. The SMILES string of the molecule is Cl.NC[C@H]1CC[C@@H](C(=O)NCCCNC(=O)C2CCC2)O1. The summed E-state index contributed by atoms with van der Waals surface area (Å²) in [6.07, 6.45) is 5.21. The second-order valence-corrected chi connectivity index (χ2v) is 5.62. The Hall–Kier alpha value is -0.850. The van der Waals surface area contributed by atoms with Crippen LogP contribution >= 0.6 is 12.4 Å². The molecule has 2 atom stereocenters. The Morgan fingerprint density at radius 1 is 1.05 bits per heavy atom. The molecular formula is C14H26ClN3O3. The lowest BCUT2D eigenvalue weighted by molar-refractivity contribution is -0.131. The minimum atomic E-state index is -0.354. The number of hydrogen-bond acceptors (Lipinski definition) is 4. The molecule has 0 aromatic carbocycles. The summed E-state index contributed by atoms with van der Waals surface area (Å²) in [5.74, 6) is 0.323. The van der Waals surface area contributed by atoms with Crippen LogP contribution in [-0.2, 0) is 14.3 Å². The minimum absolute atomic E-state index is 0. The van der Waals surface area contributed by atoms with E-state index in [1.807, 2.05) is 0 Å². The summed E-state index contributed by atoms with van der Waals surface area (Å²) in [7, 11) is 0. The monoisotopic (exact) mass is 319 g/mol. The standard InChI is InChI=1S/C14H25N3O3.ClH/c15-9-11-5-6-12(20-11)14(19)17-8-2-7-16-13(18)10-3-1-4-10;/h10-12H,1-9,15H2,(H,16,18)(H,17,19);1H/t11-,12+;/m1./s1. The maximum atomic E-state index is 11.8. The molecule has 0 radical (unpaired) electrons. The first-order valence-electron chi connectivity index (χ1n) is 7.61. The molecule has 2 rings (SSSR count). The Kier molecular flexibility index (Phi) is 8.00. The number of carbonyl (C=O) groups excluding carboxylic acids is 2. The van der Waals surface area contributed by atoms with Gasteiger partial charge in [-0.3, -0.25) is 9.59 Å². The number of nitrogens with two attached hydrogens (primary N) is 1. The quantitative estimate of drug-likeness (QED) is 0.590. The minimum Gasteiger partial charge on any atom is -0.364 e. The molecular weight excluding hydrogens is 294 g/mol. The molecule has 1 aliphatic heterocycles. The van der Waals surface area contributed by atoms with Crippen LogP contribution < -0.4 is 16.4 Å². The maximum absolute atomic E-state index is 11.8. The normalized spacial score (nSPS) is 24.8. The molecule has 4 N–H and O–H groups in total. The Morgan fingerprint density at radius 3 is 2.24 bits per heavy atom. The summed E-state index contributed by atoms with van der Waals surface area (Å²) in [6, 6.07) is 0. The van der Waals surface area contributed by atoms with Crippen molar-refractivity contribution in [2.75, 3.05) is 19.6 Å². The second-order valence-electron chi connectivity index (χ2n) is 5.62. The van der Waals surface area contributed by atoms with Gasteiger partial charge in [0, 0.05) is 25.6 Å². The van der Waals surface area contributed by atoms with Gasteiger partial charge in [-0.15, -0.1) is 12.4 Å². The molecule has 0 aromatic heterocycles. The summed E-state index contributed by atoms with van der Waals surface area (Å²) >= 11 is 0. The van der Waals surface area contributed by atoms with Crippen molar-refractivity contribution >= 4 is 24.2 Å². The fourth-order valence-corrected chi connectivity index (χ4v) is 2.51. The molecule has 1 saturated heterocycles. The number of ether oxygens (including phenoxy) is 1. The lowest BCUT2D eigenvalue weighted by atomic mass is 9.85. The number of nitrogens with one attached hydrogen (secondary N) is 2. The number of halogens is 1. The topological polar surface area (TPSA) is 93.5 Å². The van der Waals surface area contributed by atoms with Crippen LogP contribution in [0.25, 0.3) is 0 Å². The fourth-order valence-electron chi connectivity index (χ4n) is 2.51. The lowest BCUT2D eigenvalue weighted by Crippen LogP contribution is -2.38. The van der Waals surface area contributed by atoms with Crippen LogP contribution in [0.1, 0.15) is 38.5 Å². The van der Waals surface area contributed by atoms with Gasteiger partial charge >= 0.3 is 0 Å². The second kappa shape index (κ2) is 9.23. The largest absolute Gasteiger partial charge is 0.364 e.